The molecule has 1 amide bonds. The molecule has 3 aromatic carbocycles. The molecule has 3 aromatic rings. The van der Waals surface area contributed by atoms with Crippen molar-refractivity contribution < 1.29 is 4.79 Å². The van der Waals surface area contributed by atoms with E-state index in [0.29, 0.717) is 15.8 Å². The third-order valence-electron chi connectivity index (χ3n) is 5.46. The van der Waals surface area contributed by atoms with Crippen LogP contribution in [0.5, 0.6) is 0 Å². The number of carbonyl (C=O) groups excluding carboxylic acids is 1. The van der Waals surface area contributed by atoms with Crippen LogP contribution in [0, 0.1) is 27.7 Å². The lowest BCUT2D eigenvalue weighted by molar-refractivity contribution is 0.0944. The summed E-state index contributed by atoms with van der Waals surface area (Å²) in [5.41, 5.74) is 18.9. The zero-order valence-corrected chi connectivity index (χ0v) is 21.1. The van der Waals surface area contributed by atoms with Crippen LogP contribution >= 0.6 is 24.4 Å². The van der Waals surface area contributed by atoms with Crippen LogP contribution in [-0.2, 0) is 0 Å². The molecule has 9 heteroatoms. The molecule has 0 spiro atoms. The minimum absolute atomic E-state index is 0.300. The first-order valence-electron chi connectivity index (χ1n) is 10.7. The van der Waals surface area contributed by atoms with Crippen LogP contribution < -0.4 is 32.3 Å². The maximum atomic E-state index is 12.4. The molecule has 0 aliphatic heterocycles. The molecular weight excluding hydrogens is 464 g/mol. The van der Waals surface area contributed by atoms with Crippen LogP contribution in [0.1, 0.15) is 32.6 Å². The molecule has 3 rings (SSSR count). The number of rotatable bonds is 5. The molecule has 176 valence electrons. The number of carbonyl (C=O) groups is 1. The number of anilines is 3. The van der Waals surface area contributed by atoms with Crippen LogP contribution in [0.4, 0.5) is 17.1 Å². The molecule has 0 fully saturated rings. The first-order chi connectivity index (χ1) is 16.2. The van der Waals surface area contributed by atoms with Crippen molar-refractivity contribution in [2.24, 2.45) is 0 Å². The van der Waals surface area contributed by atoms with Crippen LogP contribution in [0.3, 0.4) is 0 Å². The maximum absolute atomic E-state index is 12.4. The topological polar surface area (TPSA) is 89.2 Å². The molecule has 0 aliphatic carbocycles. The maximum Gasteiger partial charge on any atom is 0.269 e. The van der Waals surface area contributed by atoms with Gasteiger partial charge in [-0.05, 0) is 111 Å². The zero-order chi connectivity index (χ0) is 24.7. The summed E-state index contributed by atoms with van der Waals surface area (Å²) in [4.78, 5) is 12.4. The van der Waals surface area contributed by atoms with E-state index in [-0.39, 0.29) is 5.91 Å². The van der Waals surface area contributed by atoms with Gasteiger partial charge in [-0.15, -0.1) is 0 Å². The molecule has 0 saturated heterocycles. The van der Waals surface area contributed by atoms with E-state index in [1.165, 1.54) is 5.56 Å². The average Bonchev–Trinajstić information content (AvgIpc) is 2.82. The summed E-state index contributed by atoms with van der Waals surface area (Å²) < 4.78 is 0. The second-order valence-electron chi connectivity index (χ2n) is 7.81. The van der Waals surface area contributed by atoms with Gasteiger partial charge in [-0.2, -0.15) is 0 Å². The number of aryl methyl sites for hydroxylation is 2. The Hall–Kier alpha value is -3.69. The number of hydrogen-bond acceptors (Lipinski definition) is 4. The van der Waals surface area contributed by atoms with Gasteiger partial charge in [0.1, 0.15) is 0 Å². The third-order valence-corrected chi connectivity index (χ3v) is 5.87. The van der Waals surface area contributed by atoms with Gasteiger partial charge in [0.25, 0.3) is 5.91 Å². The van der Waals surface area contributed by atoms with Gasteiger partial charge in [0.15, 0.2) is 10.2 Å². The first kappa shape index (κ1) is 24.9. The smallest absolute Gasteiger partial charge is 0.269 e. The molecule has 7 nitrogen and oxygen atoms in total. The highest BCUT2D eigenvalue weighted by Gasteiger charge is 2.08. The van der Waals surface area contributed by atoms with E-state index in [2.05, 4.69) is 45.3 Å². The zero-order valence-electron chi connectivity index (χ0n) is 19.5. The van der Waals surface area contributed by atoms with E-state index in [4.69, 9.17) is 24.4 Å². The minimum Gasteiger partial charge on any atom is -0.331 e. The first-order valence-corrected chi connectivity index (χ1v) is 11.5. The monoisotopic (exact) mass is 492 g/mol. The van der Waals surface area contributed by atoms with E-state index in [1.807, 2.05) is 51.1 Å². The predicted molar refractivity (Wildman–Crippen MR) is 148 cm³/mol. The van der Waals surface area contributed by atoms with Crippen molar-refractivity contribution in [1.29, 1.82) is 0 Å². The summed E-state index contributed by atoms with van der Waals surface area (Å²) >= 11 is 10.6. The quantitative estimate of drug-likeness (QED) is 0.222. The van der Waals surface area contributed by atoms with Gasteiger partial charge in [0.05, 0.1) is 5.69 Å². The normalized spacial score (nSPS) is 10.1. The second-order valence-corrected chi connectivity index (χ2v) is 8.63. The van der Waals surface area contributed by atoms with Crippen LogP contribution in [-0.4, -0.2) is 16.1 Å². The molecule has 6 N–H and O–H groups in total. The molecule has 0 bridgehead atoms. The minimum atomic E-state index is -0.309. The largest absolute Gasteiger partial charge is 0.331 e. The summed E-state index contributed by atoms with van der Waals surface area (Å²) in [6, 6.07) is 18.9. The SMILES string of the molecule is Cc1cccc(NC(=S)NNC(=O)c2ccc(NNC(=S)Nc3cccc(C)c3C)cc2)c1C. The van der Waals surface area contributed by atoms with Gasteiger partial charge in [-0.25, -0.2) is 0 Å². The Kier molecular flexibility index (Phi) is 8.39. The van der Waals surface area contributed by atoms with Gasteiger partial charge in [-0.3, -0.25) is 26.5 Å². The van der Waals surface area contributed by atoms with E-state index in [0.717, 1.165) is 33.8 Å². The fourth-order valence-electron chi connectivity index (χ4n) is 3.10. The molecule has 34 heavy (non-hydrogen) atoms. The number of hydrazine groups is 2. The number of benzene rings is 3. The van der Waals surface area contributed by atoms with E-state index < -0.39 is 0 Å². The Bertz CT molecular complexity index is 1210. The molecule has 0 radical (unpaired) electrons. The van der Waals surface area contributed by atoms with Crippen molar-refractivity contribution in [3.63, 3.8) is 0 Å². The Balaban J connectivity index is 1.46. The fourth-order valence-corrected chi connectivity index (χ4v) is 3.42. The molecule has 0 aromatic heterocycles. The third kappa shape index (κ3) is 6.66. The number of thiocarbonyl (C=S) groups is 2. The Morgan fingerprint density at radius 3 is 1.68 bits per heavy atom. The molecule has 0 heterocycles. The van der Waals surface area contributed by atoms with Gasteiger partial charge in [-0.1, -0.05) is 24.3 Å². The van der Waals surface area contributed by atoms with Gasteiger partial charge >= 0.3 is 0 Å². The molecular formula is C25H28N6OS2. The standard InChI is InChI=1S/C25H28N6OS2/c1-15-7-5-9-21(17(15)3)26-24(33)30-28-20-13-11-19(12-14-20)23(32)29-31-25(34)27-22-10-6-8-16(2)18(22)4/h5-14,28H,1-4H3,(H,29,32)(H2,26,30,33)(H2,27,31,34). The average molecular weight is 493 g/mol. The lowest BCUT2D eigenvalue weighted by Gasteiger charge is -2.15. The van der Waals surface area contributed by atoms with Crippen molar-refractivity contribution >= 4 is 57.6 Å². The van der Waals surface area contributed by atoms with E-state index >= 15 is 0 Å². The highest BCUT2D eigenvalue weighted by molar-refractivity contribution is 7.80. The Morgan fingerprint density at radius 1 is 0.647 bits per heavy atom. The second kappa shape index (κ2) is 11.4. The van der Waals surface area contributed by atoms with Crippen LogP contribution in [0.2, 0.25) is 0 Å². The summed E-state index contributed by atoms with van der Waals surface area (Å²) in [6.45, 7) is 8.13. The molecule has 0 atom stereocenters. The van der Waals surface area contributed by atoms with Gasteiger partial charge in [0.2, 0.25) is 0 Å². The van der Waals surface area contributed by atoms with Crippen molar-refractivity contribution in [3.05, 3.63) is 88.5 Å². The highest BCUT2D eigenvalue weighted by Crippen LogP contribution is 2.18. The molecule has 0 saturated carbocycles. The lowest BCUT2D eigenvalue weighted by Crippen LogP contribution is -2.43. The van der Waals surface area contributed by atoms with Gasteiger partial charge in [0, 0.05) is 16.9 Å². The van der Waals surface area contributed by atoms with Crippen molar-refractivity contribution in [3.8, 4) is 0 Å². The predicted octanol–water partition coefficient (Wildman–Crippen LogP) is 4.87. The van der Waals surface area contributed by atoms with E-state index in [1.54, 1.807) is 24.3 Å². The summed E-state index contributed by atoms with van der Waals surface area (Å²) in [5.74, 6) is -0.309. The fraction of sp³-hybridized carbons (Fsp3) is 0.160. The summed E-state index contributed by atoms with van der Waals surface area (Å²) in [6.07, 6.45) is 0. The van der Waals surface area contributed by atoms with Gasteiger partial charge < -0.3 is 10.6 Å². The highest BCUT2D eigenvalue weighted by atomic mass is 32.1. The van der Waals surface area contributed by atoms with Crippen molar-refractivity contribution in [2.45, 2.75) is 27.7 Å². The Labute approximate surface area is 210 Å². The van der Waals surface area contributed by atoms with E-state index in [9.17, 15) is 4.79 Å². The van der Waals surface area contributed by atoms with Crippen molar-refractivity contribution in [1.82, 2.24) is 16.3 Å². The molecule has 0 aliphatic rings. The Morgan fingerprint density at radius 2 is 1.15 bits per heavy atom. The number of nitrogens with one attached hydrogen (secondary N) is 6. The summed E-state index contributed by atoms with van der Waals surface area (Å²) in [7, 11) is 0. The number of hydrogen-bond donors (Lipinski definition) is 6. The number of amides is 1. The van der Waals surface area contributed by atoms with Crippen molar-refractivity contribution in [2.75, 3.05) is 16.1 Å². The summed E-state index contributed by atoms with van der Waals surface area (Å²) in [5, 5.41) is 6.99. The lowest BCUT2D eigenvalue weighted by atomic mass is 10.1. The van der Waals surface area contributed by atoms with Crippen LogP contribution in [0.15, 0.2) is 60.7 Å². The van der Waals surface area contributed by atoms with Crippen LogP contribution in [0.25, 0.3) is 0 Å². The molecule has 0 unspecified atom stereocenters.